The molecule has 10 aromatic rings. The molecule has 0 atom stereocenters. The van der Waals surface area contributed by atoms with E-state index in [4.69, 9.17) is 31.5 Å². The zero-order chi connectivity index (χ0) is 51.6. The van der Waals surface area contributed by atoms with E-state index >= 15 is 0 Å². The first-order valence-corrected chi connectivity index (χ1v) is 25.3. The van der Waals surface area contributed by atoms with Crippen LogP contribution in [0.2, 0.25) is 0 Å². The van der Waals surface area contributed by atoms with E-state index in [-0.39, 0.29) is 21.7 Å². The fourth-order valence-corrected chi connectivity index (χ4v) is 9.43. The Labute approximate surface area is 431 Å². The van der Waals surface area contributed by atoms with Gasteiger partial charge in [-0.05, 0) is 116 Å². The van der Waals surface area contributed by atoms with Crippen LogP contribution in [0.1, 0.15) is 105 Å². The summed E-state index contributed by atoms with van der Waals surface area (Å²) in [7, 11) is 0. The summed E-state index contributed by atoms with van der Waals surface area (Å²) in [5.41, 5.74) is 14.8. The molecule has 0 N–H and O–H groups in total. The highest BCUT2D eigenvalue weighted by Gasteiger charge is 2.27. The summed E-state index contributed by atoms with van der Waals surface area (Å²) in [5.74, 6) is 2.30. The van der Waals surface area contributed by atoms with Crippen molar-refractivity contribution in [3.63, 3.8) is 0 Å². The van der Waals surface area contributed by atoms with Gasteiger partial charge in [0.05, 0.1) is 34.7 Å². The average Bonchev–Trinajstić information content (AvgIpc) is 3.70. The minimum Gasteiger partial charge on any atom is -0.309 e. The summed E-state index contributed by atoms with van der Waals surface area (Å²) in [4.78, 5) is 31.1. The topological polar surface area (TPSA) is 73.7 Å². The molecular weight excluding hydrogens is 891 g/mol. The largest absolute Gasteiger partial charge is 0.309 e. The number of fused-ring (bicyclic) bond motifs is 3. The van der Waals surface area contributed by atoms with Crippen molar-refractivity contribution in [1.29, 1.82) is 0 Å². The Hall–Kier alpha value is -8.08. The van der Waals surface area contributed by atoms with Gasteiger partial charge in [-0.1, -0.05) is 180 Å². The van der Waals surface area contributed by atoms with Crippen LogP contribution >= 0.6 is 0 Å². The normalized spacial score (nSPS) is 12.4. The zero-order valence-electron chi connectivity index (χ0n) is 44.2. The zero-order valence-corrected chi connectivity index (χ0v) is 44.2. The predicted molar refractivity (Wildman–Crippen MR) is 303 cm³/mol. The first-order valence-electron chi connectivity index (χ1n) is 25.3. The van der Waals surface area contributed by atoms with Crippen LogP contribution in [0.25, 0.3) is 100 Å². The molecular formula is C66H63N7. The Balaban J connectivity index is 1.30. The van der Waals surface area contributed by atoms with Gasteiger partial charge in [0.2, 0.25) is 0 Å². The quantitative estimate of drug-likeness (QED) is 0.149. The summed E-state index contributed by atoms with van der Waals surface area (Å²) < 4.78 is 2.28. The van der Waals surface area contributed by atoms with Crippen molar-refractivity contribution >= 4 is 27.5 Å². The molecule has 10 rings (SSSR count). The van der Waals surface area contributed by atoms with Crippen molar-refractivity contribution in [3.8, 4) is 73.8 Å². The highest BCUT2D eigenvalue weighted by Crippen LogP contribution is 2.41. The first-order chi connectivity index (χ1) is 34.6. The third kappa shape index (κ3) is 9.70. The molecule has 0 aliphatic rings. The molecule has 0 bridgehead atoms. The number of nitrogens with zero attached hydrogens (tertiary/aromatic N) is 7. The summed E-state index contributed by atoms with van der Waals surface area (Å²) in [6.07, 6.45) is 0. The fourth-order valence-electron chi connectivity index (χ4n) is 9.43. The van der Waals surface area contributed by atoms with E-state index in [1.165, 1.54) is 22.3 Å². The number of aromatic nitrogens is 6. The third-order valence-electron chi connectivity index (χ3n) is 13.9. The number of hydrogen-bond acceptors (Lipinski definition) is 5. The van der Waals surface area contributed by atoms with Gasteiger partial charge in [0.15, 0.2) is 29.0 Å². The van der Waals surface area contributed by atoms with Crippen molar-refractivity contribution in [3.05, 3.63) is 197 Å². The lowest BCUT2D eigenvalue weighted by Crippen LogP contribution is -2.17. The second-order valence-electron chi connectivity index (χ2n) is 23.5. The van der Waals surface area contributed by atoms with E-state index in [0.29, 0.717) is 29.0 Å². The van der Waals surface area contributed by atoms with Gasteiger partial charge in [0.25, 0.3) is 0 Å². The van der Waals surface area contributed by atoms with Crippen molar-refractivity contribution < 1.29 is 0 Å². The van der Waals surface area contributed by atoms with E-state index in [1.807, 2.05) is 48.5 Å². The monoisotopic (exact) mass is 954 g/mol. The number of rotatable bonds is 7. The predicted octanol–water partition coefficient (Wildman–Crippen LogP) is 17.5. The van der Waals surface area contributed by atoms with Gasteiger partial charge >= 0.3 is 0 Å². The van der Waals surface area contributed by atoms with Crippen LogP contribution in [0.3, 0.4) is 0 Å². The second-order valence-corrected chi connectivity index (χ2v) is 23.5. The maximum absolute atomic E-state index is 7.91. The molecule has 0 amide bonds. The summed E-state index contributed by atoms with van der Waals surface area (Å²) in [6, 6.07) is 57.1. The van der Waals surface area contributed by atoms with Crippen molar-refractivity contribution in [2.45, 2.75) is 105 Å². The van der Waals surface area contributed by atoms with E-state index in [2.05, 4.69) is 208 Å². The van der Waals surface area contributed by atoms with Gasteiger partial charge in [-0.15, -0.1) is 0 Å². The molecule has 0 saturated carbocycles. The minimum atomic E-state index is -0.126. The number of para-hydroxylation sites is 1. The van der Waals surface area contributed by atoms with Gasteiger partial charge in [0.1, 0.15) is 0 Å². The maximum Gasteiger partial charge on any atom is 0.188 e. The molecule has 0 unspecified atom stereocenters. The average molecular weight is 954 g/mol. The van der Waals surface area contributed by atoms with Crippen LogP contribution in [-0.2, 0) is 21.7 Å². The Morgan fingerprint density at radius 1 is 0.356 bits per heavy atom. The molecule has 7 heteroatoms. The molecule has 0 saturated heterocycles. The van der Waals surface area contributed by atoms with Gasteiger partial charge in [-0.25, -0.2) is 29.8 Å². The lowest BCUT2D eigenvalue weighted by Gasteiger charge is -2.26. The Morgan fingerprint density at radius 2 is 0.795 bits per heavy atom. The van der Waals surface area contributed by atoms with Crippen LogP contribution in [0.15, 0.2) is 164 Å². The molecule has 0 spiro atoms. The SMILES string of the molecule is [C-]#[N+]c1ccc2c(c1)c1ccccc1n2-c1ccc(-c2nc(-c3cc(C(C)(C)C)cc(C(C)(C)C)c3)nc(-c3cc(C(C)(C)C)cc(C(C)(C)C)c3)n2)cc1-c1nc(-c2ccccc2)cc(-c2ccccc2)n1. The van der Waals surface area contributed by atoms with E-state index in [0.717, 1.165) is 72.3 Å². The molecule has 362 valence electrons. The van der Waals surface area contributed by atoms with Crippen molar-refractivity contribution in [2.75, 3.05) is 0 Å². The van der Waals surface area contributed by atoms with Crippen molar-refractivity contribution in [1.82, 2.24) is 29.5 Å². The molecule has 73 heavy (non-hydrogen) atoms. The molecule has 7 aromatic carbocycles. The van der Waals surface area contributed by atoms with Crippen LogP contribution in [0.5, 0.6) is 0 Å². The Morgan fingerprint density at radius 3 is 1.26 bits per heavy atom. The first kappa shape index (κ1) is 48.5. The van der Waals surface area contributed by atoms with Gasteiger partial charge < -0.3 is 4.57 Å². The standard InChI is InChI=1S/C66H63N7/c1-63(2,3)46-32-44(33-47(37-46)64(4,5)6)60-70-59(71-61(72-60)45-34-48(65(7,8)9)38-49(35-45)66(10,11)12)43-28-30-58(73-56-27-21-20-26-51(56)52-39-50(67-13)29-31-57(52)73)53(36-43)62-68-54(41-22-16-14-17-23-41)40-55(69-62)42-24-18-15-19-25-42/h14-40H,1-12H3. The second kappa shape index (κ2) is 18.2. The molecule has 0 radical (unpaired) electrons. The molecule has 0 aliphatic heterocycles. The Bertz CT molecular complexity index is 3560. The summed E-state index contributed by atoms with van der Waals surface area (Å²) in [6.45, 7) is 35.0. The Kier molecular flexibility index (Phi) is 12.1. The molecule has 3 heterocycles. The highest BCUT2D eigenvalue weighted by molar-refractivity contribution is 6.10. The fraction of sp³-hybridized carbons (Fsp3) is 0.242. The molecule has 3 aromatic heterocycles. The van der Waals surface area contributed by atoms with E-state index < -0.39 is 0 Å². The van der Waals surface area contributed by atoms with Gasteiger partial charge in [-0.2, -0.15) is 0 Å². The smallest absolute Gasteiger partial charge is 0.188 e. The lowest BCUT2D eigenvalue weighted by atomic mass is 9.79. The van der Waals surface area contributed by atoms with E-state index in [1.54, 1.807) is 0 Å². The van der Waals surface area contributed by atoms with Gasteiger partial charge in [0, 0.05) is 38.8 Å². The van der Waals surface area contributed by atoms with Crippen LogP contribution in [0.4, 0.5) is 5.69 Å². The van der Waals surface area contributed by atoms with Crippen LogP contribution in [-0.4, -0.2) is 29.5 Å². The van der Waals surface area contributed by atoms with Crippen molar-refractivity contribution in [2.24, 2.45) is 0 Å². The van der Waals surface area contributed by atoms with E-state index in [9.17, 15) is 0 Å². The third-order valence-corrected chi connectivity index (χ3v) is 13.9. The van der Waals surface area contributed by atoms with Gasteiger partial charge in [-0.3, -0.25) is 0 Å². The van der Waals surface area contributed by atoms with Crippen LogP contribution < -0.4 is 0 Å². The maximum atomic E-state index is 7.91. The molecule has 0 fully saturated rings. The summed E-state index contributed by atoms with van der Waals surface area (Å²) >= 11 is 0. The summed E-state index contributed by atoms with van der Waals surface area (Å²) in [5, 5.41) is 2.04. The highest BCUT2D eigenvalue weighted by atomic mass is 15.0. The van der Waals surface area contributed by atoms with Crippen LogP contribution in [0, 0.1) is 6.57 Å². The number of benzene rings is 7. The lowest BCUT2D eigenvalue weighted by molar-refractivity contribution is 0.568. The minimum absolute atomic E-state index is 0.126. The number of hydrogen-bond donors (Lipinski definition) is 0. The molecule has 0 aliphatic carbocycles. The molecule has 7 nitrogen and oxygen atoms in total.